The highest BCUT2D eigenvalue weighted by atomic mass is 16.2. The summed E-state index contributed by atoms with van der Waals surface area (Å²) in [5.41, 5.74) is 0. The van der Waals surface area contributed by atoms with Gasteiger partial charge in [0.1, 0.15) is 0 Å². The van der Waals surface area contributed by atoms with E-state index in [-0.39, 0.29) is 5.91 Å². The van der Waals surface area contributed by atoms with Crippen LogP contribution in [-0.4, -0.2) is 49.6 Å². The van der Waals surface area contributed by atoms with Gasteiger partial charge in [0.05, 0.1) is 6.54 Å². The van der Waals surface area contributed by atoms with Gasteiger partial charge in [-0.25, -0.2) is 0 Å². The molecule has 1 amide bonds. The summed E-state index contributed by atoms with van der Waals surface area (Å²) in [6, 6.07) is 0.825. The highest BCUT2D eigenvalue weighted by Crippen LogP contribution is 2.15. The number of nitrogens with one attached hydrogen (secondary N) is 2. The summed E-state index contributed by atoms with van der Waals surface area (Å²) in [6.07, 6.45) is 5.90. The van der Waals surface area contributed by atoms with E-state index in [2.05, 4.69) is 29.4 Å². The fourth-order valence-corrected chi connectivity index (χ4v) is 2.75. The first-order valence-electron chi connectivity index (χ1n) is 7.35. The third-order valence-electron chi connectivity index (χ3n) is 3.66. The SMILES string of the molecule is CCCC(C)NC(=O)CN1CCCCC1CNC. The minimum absolute atomic E-state index is 0.180. The van der Waals surface area contributed by atoms with E-state index in [0.717, 1.165) is 25.9 Å². The Kier molecular flexibility index (Phi) is 7.28. The fraction of sp³-hybridized carbons (Fsp3) is 0.929. The van der Waals surface area contributed by atoms with Crippen LogP contribution in [0.3, 0.4) is 0 Å². The van der Waals surface area contributed by atoms with Crippen molar-refractivity contribution in [2.24, 2.45) is 0 Å². The van der Waals surface area contributed by atoms with Gasteiger partial charge in [-0.05, 0) is 39.8 Å². The normalized spacial score (nSPS) is 22.7. The zero-order chi connectivity index (χ0) is 13.4. The molecule has 1 aliphatic rings. The van der Waals surface area contributed by atoms with E-state index >= 15 is 0 Å². The van der Waals surface area contributed by atoms with Crippen LogP contribution < -0.4 is 10.6 Å². The quantitative estimate of drug-likeness (QED) is 0.722. The lowest BCUT2D eigenvalue weighted by Crippen LogP contribution is -2.50. The van der Waals surface area contributed by atoms with Crippen LogP contribution in [0.25, 0.3) is 0 Å². The van der Waals surface area contributed by atoms with E-state index in [1.165, 1.54) is 19.3 Å². The smallest absolute Gasteiger partial charge is 0.234 e. The molecule has 2 atom stereocenters. The number of likely N-dealkylation sites (N-methyl/N-ethyl adjacent to an activating group) is 1. The molecule has 0 aromatic carbocycles. The lowest BCUT2D eigenvalue weighted by atomic mass is 10.0. The second-order valence-electron chi connectivity index (χ2n) is 5.43. The number of piperidine rings is 1. The van der Waals surface area contributed by atoms with Crippen LogP contribution in [-0.2, 0) is 4.79 Å². The number of likely N-dealkylation sites (tertiary alicyclic amines) is 1. The van der Waals surface area contributed by atoms with E-state index in [9.17, 15) is 4.79 Å². The Morgan fingerprint density at radius 1 is 1.44 bits per heavy atom. The van der Waals surface area contributed by atoms with Crippen molar-refractivity contribution >= 4 is 5.91 Å². The summed E-state index contributed by atoms with van der Waals surface area (Å²) in [4.78, 5) is 14.3. The Balaban J connectivity index is 2.36. The molecule has 0 radical (unpaired) electrons. The van der Waals surface area contributed by atoms with Crippen LogP contribution in [0, 0.1) is 0 Å². The number of nitrogens with zero attached hydrogens (tertiary/aromatic N) is 1. The molecule has 106 valence electrons. The van der Waals surface area contributed by atoms with Crippen molar-refractivity contribution in [3.63, 3.8) is 0 Å². The summed E-state index contributed by atoms with van der Waals surface area (Å²) < 4.78 is 0. The standard InChI is InChI=1S/C14H29N3O/c1-4-7-12(2)16-14(18)11-17-9-6-5-8-13(17)10-15-3/h12-13,15H,4-11H2,1-3H3,(H,16,18). The molecule has 0 saturated carbocycles. The first kappa shape index (κ1) is 15.4. The van der Waals surface area contributed by atoms with Crippen molar-refractivity contribution in [3.8, 4) is 0 Å². The minimum Gasteiger partial charge on any atom is -0.353 e. The average Bonchev–Trinajstić information content (AvgIpc) is 2.32. The molecule has 2 N–H and O–H groups in total. The lowest BCUT2D eigenvalue weighted by Gasteiger charge is -2.35. The van der Waals surface area contributed by atoms with E-state index < -0.39 is 0 Å². The summed E-state index contributed by atoms with van der Waals surface area (Å²) in [6.45, 7) is 6.83. The van der Waals surface area contributed by atoms with Crippen molar-refractivity contribution in [2.75, 3.05) is 26.7 Å². The number of amides is 1. The van der Waals surface area contributed by atoms with Gasteiger partial charge in [0.15, 0.2) is 0 Å². The third kappa shape index (κ3) is 5.36. The first-order chi connectivity index (χ1) is 8.67. The van der Waals surface area contributed by atoms with Crippen molar-refractivity contribution in [3.05, 3.63) is 0 Å². The van der Waals surface area contributed by atoms with E-state index in [0.29, 0.717) is 18.6 Å². The zero-order valence-electron chi connectivity index (χ0n) is 12.2. The van der Waals surface area contributed by atoms with Crippen LogP contribution in [0.4, 0.5) is 0 Å². The molecular weight excluding hydrogens is 226 g/mol. The Hall–Kier alpha value is -0.610. The van der Waals surface area contributed by atoms with Gasteiger partial charge >= 0.3 is 0 Å². The average molecular weight is 255 g/mol. The highest BCUT2D eigenvalue weighted by molar-refractivity contribution is 5.78. The molecule has 0 aromatic heterocycles. The second-order valence-corrected chi connectivity index (χ2v) is 5.43. The van der Waals surface area contributed by atoms with Crippen molar-refractivity contribution in [1.82, 2.24) is 15.5 Å². The number of hydrogen-bond acceptors (Lipinski definition) is 3. The largest absolute Gasteiger partial charge is 0.353 e. The van der Waals surface area contributed by atoms with Crippen molar-refractivity contribution in [2.45, 2.75) is 58.0 Å². The fourth-order valence-electron chi connectivity index (χ4n) is 2.75. The molecule has 1 saturated heterocycles. The zero-order valence-corrected chi connectivity index (χ0v) is 12.2. The van der Waals surface area contributed by atoms with Gasteiger partial charge in [-0.2, -0.15) is 0 Å². The molecule has 18 heavy (non-hydrogen) atoms. The maximum absolute atomic E-state index is 12.0. The summed E-state index contributed by atoms with van der Waals surface area (Å²) in [7, 11) is 1.98. The second kappa shape index (κ2) is 8.48. The van der Waals surface area contributed by atoms with Crippen molar-refractivity contribution in [1.29, 1.82) is 0 Å². The van der Waals surface area contributed by atoms with Gasteiger partial charge in [0.2, 0.25) is 5.91 Å². The van der Waals surface area contributed by atoms with E-state index in [4.69, 9.17) is 0 Å². The van der Waals surface area contributed by atoms with Gasteiger partial charge in [0, 0.05) is 18.6 Å². The number of rotatable bonds is 7. The number of carbonyl (C=O) groups is 1. The van der Waals surface area contributed by atoms with Gasteiger partial charge in [-0.3, -0.25) is 9.69 Å². The lowest BCUT2D eigenvalue weighted by molar-refractivity contribution is -0.123. The number of hydrogen-bond donors (Lipinski definition) is 2. The third-order valence-corrected chi connectivity index (χ3v) is 3.66. The van der Waals surface area contributed by atoms with Crippen LogP contribution in [0.1, 0.15) is 46.0 Å². The van der Waals surface area contributed by atoms with Crippen LogP contribution in [0.2, 0.25) is 0 Å². The van der Waals surface area contributed by atoms with Crippen LogP contribution >= 0.6 is 0 Å². The molecular formula is C14H29N3O. The van der Waals surface area contributed by atoms with Crippen LogP contribution in [0.5, 0.6) is 0 Å². The molecule has 1 heterocycles. The molecule has 1 fully saturated rings. The predicted molar refractivity (Wildman–Crippen MR) is 75.7 cm³/mol. The first-order valence-corrected chi connectivity index (χ1v) is 7.35. The maximum Gasteiger partial charge on any atom is 0.234 e. The molecule has 1 rings (SSSR count). The summed E-state index contributed by atoms with van der Waals surface area (Å²) in [5.74, 6) is 0.180. The van der Waals surface area contributed by atoms with Gasteiger partial charge in [-0.15, -0.1) is 0 Å². The highest BCUT2D eigenvalue weighted by Gasteiger charge is 2.23. The van der Waals surface area contributed by atoms with E-state index in [1.54, 1.807) is 0 Å². The molecule has 4 nitrogen and oxygen atoms in total. The Morgan fingerprint density at radius 2 is 2.22 bits per heavy atom. The predicted octanol–water partition coefficient (Wildman–Crippen LogP) is 1.37. The van der Waals surface area contributed by atoms with Gasteiger partial charge < -0.3 is 10.6 Å². The topological polar surface area (TPSA) is 44.4 Å². The number of carbonyl (C=O) groups excluding carboxylic acids is 1. The molecule has 1 aliphatic heterocycles. The summed E-state index contributed by atoms with van der Waals surface area (Å²) in [5, 5.41) is 6.32. The molecule has 0 aliphatic carbocycles. The van der Waals surface area contributed by atoms with Gasteiger partial charge in [0.25, 0.3) is 0 Å². The molecule has 0 spiro atoms. The Bertz CT molecular complexity index is 243. The monoisotopic (exact) mass is 255 g/mol. The van der Waals surface area contributed by atoms with Crippen molar-refractivity contribution < 1.29 is 4.79 Å². The molecule has 0 aromatic rings. The Labute approximate surface area is 111 Å². The minimum atomic E-state index is 0.180. The van der Waals surface area contributed by atoms with Crippen LogP contribution in [0.15, 0.2) is 0 Å². The molecule has 0 bridgehead atoms. The molecule has 2 unspecified atom stereocenters. The summed E-state index contributed by atoms with van der Waals surface area (Å²) >= 11 is 0. The Morgan fingerprint density at radius 3 is 2.89 bits per heavy atom. The van der Waals surface area contributed by atoms with E-state index in [1.807, 2.05) is 7.05 Å². The molecule has 4 heteroatoms. The maximum atomic E-state index is 12.0. The van der Waals surface area contributed by atoms with Gasteiger partial charge in [-0.1, -0.05) is 19.8 Å².